The Morgan fingerprint density at radius 3 is 1.69 bits per heavy atom. The van der Waals surface area contributed by atoms with E-state index in [1.54, 1.807) is 24.3 Å². The van der Waals surface area contributed by atoms with Gasteiger partial charge in [-0.1, -0.05) is 24.3 Å². The molecule has 0 amide bonds. The number of aromatic carboxylic acids is 4. The molecule has 4 N–H and O–H groups in total. The second-order valence-electron chi connectivity index (χ2n) is 7.40. The minimum atomic E-state index is -1.49. The molecule has 0 aromatic heterocycles. The summed E-state index contributed by atoms with van der Waals surface area (Å²) in [6, 6.07) is 11.8. The molecule has 5 rings (SSSR count). The Hall–Kier alpha value is -4.72. The van der Waals surface area contributed by atoms with Gasteiger partial charge >= 0.3 is 23.9 Å². The van der Waals surface area contributed by atoms with Crippen molar-refractivity contribution in [2.45, 2.75) is 0 Å². The van der Waals surface area contributed by atoms with Gasteiger partial charge in [0.1, 0.15) is 0 Å². The number of carbonyl (C=O) groups is 4. The van der Waals surface area contributed by atoms with Crippen molar-refractivity contribution in [1.29, 1.82) is 0 Å². The fraction of sp³-hybridized carbons (Fsp3) is 0. The Kier molecular flexibility index (Phi) is 3.84. The Morgan fingerprint density at radius 1 is 0.500 bits per heavy atom. The van der Waals surface area contributed by atoms with Gasteiger partial charge in [-0.15, -0.1) is 0 Å². The molecule has 8 heteroatoms. The molecule has 0 saturated heterocycles. The SMILES string of the molecule is O=C(O)c1cc2c(C(=O)O)c(C(=O)O)cc3c4cccc5c(C(=O)O)ccc(c(c1)c23)c54. The van der Waals surface area contributed by atoms with E-state index < -0.39 is 35.0 Å². The quantitative estimate of drug-likeness (QED) is 0.241. The summed E-state index contributed by atoms with van der Waals surface area (Å²) in [6.07, 6.45) is 0. The van der Waals surface area contributed by atoms with Crippen LogP contribution in [0.3, 0.4) is 0 Å². The third-order valence-electron chi connectivity index (χ3n) is 5.78. The van der Waals surface area contributed by atoms with Crippen molar-refractivity contribution in [2.75, 3.05) is 0 Å². The first-order valence-electron chi connectivity index (χ1n) is 9.35. The first-order chi connectivity index (χ1) is 15.2. The average Bonchev–Trinajstić information content (AvgIpc) is 2.75. The van der Waals surface area contributed by atoms with E-state index in [1.807, 2.05) is 0 Å². The minimum absolute atomic E-state index is 0.00716. The van der Waals surface area contributed by atoms with Gasteiger partial charge in [0.15, 0.2) is 0 Å². The van der Waals surface area contributed by atoms with Crippen LogP contribution in [0.1, 0.15) is 41.4 Å². The number of carboxylic acid groups (broad SMARTS) is 4. The summed E-state index contributed by atoms with van der Waals surface area (Å²) >= 11 is 0. The number of carboxylic acids is 4. The number of hydrogen-bond donors (Lipinski definition) is 4. The van der Waals surface area contributed by atoms with Crippen LogP contribution in [0.2, 0.25) is 0 Å². The Morgan fingerprint density at radius 2 is 1.06 bits per heavy atom. The van der Waals surface area contributed by atoms with Gasteiger partial charge < -0.3 is 20.4 Å². The van der Waals surface area contributed by atoms with Crippen molar-refractivity contribution in [1.82, 2.24) is 0 Å². The van der Waals surface area contributed by atoms with Gasteiger partial charge in [0.2, 0.25) is 0 Å². The molecule has 0 unspecified atom stereocenters. The van der Waals surface area contributed by atoms with Gasteiger partial charge in [0.25, 0.3) is 0 Å². The number of hydrogen-bond acceptors (Lipinski definition) is 4. The van der Waals surface area contributed by atoms with Crippen molar-refractivity contribution >= 4 is 67.0 Å². The summed E-state index contributed by atoms with van der Waals surface area (Å²) in [5.74, 6) is -5.41. The predicted octanol–water partition coefficient (Wildman–Crippen LogP) is 4.53. The van der Waals surface area contributed by atoms with Crippen molar-refractivity contribution < 1.29 is 39.6 Å². The van der Waals surface area contributed by atoms with Crippen LogP contribution in [0, 0.1) is 0 Å². The zero-order valence-electron chi connectivity index (χ0n) is 16.0. The summed E-state index contributed by atoms with van der Waals surface area (Å²) in [4.78, 5) is 47.5. The first-order valence-corrected chi connectivity index (χ1v) is 9.35. The van der Waals surface area contributed by atoms with Gasteiger partial charge in [0.05, 0.1) is 22.3 Å². The maximum Gasteiger partial charge on any atom is 0.337 e. The normalized spacial score (nSPS) is 11.5. The van der Waals surface area contributed by atoms with Gasteiger partial charge in [-0.25, -0.2) is 19.2 Å². The Balaban J connectivity index is 2.20. The van der Waals surface area contributed by atoms with Crippen LogP contribution in [0.15, 0.2) is 48.5 Å². The second kappa shape index (κ2) is 6.39. The standard InChI is InChI=1S/C24H12O8/c25-21(26)9-6-14-12-4-5-13(22(27)28)10-2-1-3-11(18(10)12)15-8-17(23(29)30)20(24(31)32)16(7-9)19(14)15/h1-8H,(H,25,26)(H,27,28)(H,29,30)(H,31,32). The summed E-state index contributed by atoms with van der Waals surface area (Å²) < 4.78 is 0. The predicted molar refractivity (Wildman–Crippen MR) is 115 cm³/mol. The summed E-state index contributed by atoms with van der Waals surface area (Å²) in [6.45, 7) is 0. The highest BCUT2D eigenvalue weighted by atomic mass is 16.4. The lowest BCUT2D eigenvalue weighted by atomic mass is 9.84. The zero-order valence-corrected chi connectivity index (χ0v) is 16.0. The molecule has 0 heterocycles. The molecule has 0 aliphatic rings. The topological polar surface area (TPSA) is 149 Å². The monoisotopic (exact) mass is 428 g/mol. The Bertz CT molecular complexity index is 1660. The number of benzene rings is 5. The fourth-order valence-electron chi connectivity index (χ4n) is 4.55. The van der Waals surface area contributed by atoms with Gasteiger partial charge in [-0.05, 0) is 67.4 Å². The van der Waals surface area contributed by atoms with Crippen molar-refractivity contribution in [3.05, 3.63) is 70.8 Å². The molecule has 0 radical (unpaired) electrons. The van der Waals surface area contributed by atoms with Crippen LogP contribution in [0.25, 0.3) is 43.1 Å². The smallest absolute Gasteiger partial charge is 0.337 e. The first kappa shape index (κ1) is 19.3. The fourth-order valence-corrected chi connectivity index (χ4v) is 4.55. The van der Waals surface area contributed by atoms with Crippen LogP contribution in [0.5, 0.6) is 0 Å². The summed E-state index contributed by atoms with van der Waals surface area (Å²) in [5, 5.41) is 41.9. The highest BCUT2D eigenvalue weighted by molar-refractivity contribution is 6.36. The molecule has 0 spiro atoms. The lowest BCUT2D eigenvalue weighted by Gasteiger charge is -2.18. The molecule has 0 aliphatic carbocycles. The van der Waals surface area contributed by atoms with E-state index in [0.29, 0.717) is 37.7 Å². The van der Waals surface area contributed by atoms with E-state index in [0.717, 1.165) is 6.07 Å². The van der Waals surface area contributed by atoms with E-state index >= 15 is 0 Å². The van der Waals surface area contributed by atoms with Crippen LogP contribution in [-0.2, 0) is 0 Å². The van der Waals surface area contributed by atoms with Crippen molar-refractivity contribution in [3.63, 3.8) is 0 Å². The van der Waals surface area contributed by atoms with E-state index in [4.69, 9.17) is 0 Å². The van der Waals surface area contributed by atoms with Crippen LogP contribution < -0.4 is 0 Å². The maximum absolute atomic E-state index is 12.0. The highest BCUT2D eigenvalue weighted by Gasteiger charge is 2.26. The molecule has 0 fully saturated rings. The average molecular weight is 428 g/mol. The third-order valence-corrected chi connectivity index (χ3v) is 5.78. The molecule has 5 aromatic rings. The van der Waals surface area contributed by atoms with E-state index in [2.05, 4.69) is 0 Å². The second-order valence-corrected chi connectivity index (χ2v) is 7.40. The van der Waals surface area contributed by atoms with Crippen LogP contribution in [0.4, 0.5) is 0 Å². The van der Waals surface area contributed by atoms with Crippen LogP contribution >= 0.6 is 0 Å². The molecule has 8 nitrogen and oxygen atoms in total. The largest absolute Gasteiger partial charge is 0.478 e. The Labute approximate surface area is 177 Å². The molecule has 0 saturated carbocycles. The molecule has 0 aliphatic heterocycles. The lowest BCUT2D eigenvalue weighted by molar-refractivity contribution is 0.0653. The summed E-state index contributed by atoms with van der Waals surface area (Å²) in [5.41, 5.74) is -1.15. The van der Waals surface area contributed by atoms with Crippen molar-refractivity contribution in [2.24, 2.45) is 0 Å². The third kappa shape index (κ3) is 2.43. The molecule has 32 heavy (non-hydrogen) atoms. The molecule has 156 valence electrons. The molecule has 0 bridgehead atoms. The summed E-state index contributed by atoms with van der Waals surface area (Å²) in [7, 11) is 0. The molecule has 0 atom stereocenters. The highest BCUT2D eigenvalue weighted by Crippen LogP contribution is 2.43. The molecular weight excluding hydrogens is 416 g/mol. The number of fused-ring (bicyclic) bond motifs is 2. The van der Waals surface area contributed by atoms with E-state index in [9.17, 15) is 39.6 Å². The lowest BCUT2D eigenvalue weighted by Crippen LogP contribution is -2.10. The molecular formula is C24H12O8. The zero-order chi connectivity index (χ0) is 22.9. The van der Waals surface area contributed by atoms with Crippen LogP contribution in [-0.4, -0.2) is 44.3 Å². The number of rotatable bonds is 4. The van der Waals surface area contributed by atoms with E-state index in [-0.39, 0.29) is 16.5 Å². The van der Waals surface area contributed by atoms with E-state index in [1.165, 1.54) is 18.2 Å². The maximum atomic E-state index is 12.0. The van der Waals surface area contributed by atoms with Gasteiger partial charge in [-0.2, -0.15) is 0 Å². The van der Waals surface area contributed by atoms with Gasteiger partial charge in [0, 0.05) is 0 Å². The van der Waals surface area contributed by atoms with Gasteiger partial charge in [-0.3, -0.25) is 0 Å². The molecule has 5 aromatic carbocycles. The minimum Gasteiger partial charge on any atom is -0.478 e. The van der Waals surface area contributed by atoms with Crippen molar-refractivity contribution in [3.8, 4) is 0 Å².